The first-order valence-electron chi connectivity index (χ1n) is 9.15. The minimum absolute atomic E-state index is 0.223. The van der Waals surface area contributed by atoms with Gasteiger partial charge in [-0.15, -0.1) is 0 Å². The van der Waals surface area contributed by atoms with Gasteiger partial charge < -0.3 is 9.88 Å². The number of aromatic nitrogens is 3. The Hall–Kier alpha value is -3.52. The smallest absolute Gasteiger partial charge is 0.262 e. The Morgan fingerprint density at radius 2 is 1.97 bits per heavy atom. The number of nitrogens with zero attached hydrogens (tertiary/aromatic N) is 4. The van der Waals surface area contributed by atoms with Crippen molar-refractivity contribution in [1.82, 2.24) is 20.0 Å². The summed E-state index contributed by atoms with van der Waals surface area (Å²) in [7, 11) is 0. The molecular formula is C21H20N6OS. The number of para-hydroxylation sites is 1. The number of hydrogen-bond donors (Lipinski definition) is 2. The average molecular weight is 404 g/mol. The fraction of sp³-hybridized carbons (Fsp3) is 0.143. The number of carbonyl (C=O) groups is 1. The second-order valence-electron chi connectivity index (χ2n) is 6.54. The summed E-state index contributed by atoms with van der Waals surface area (Å²) in [5.41, 5.74) is 6.21. The number of anilines is 1. The SMILES string of the molecule is C/C(=N/NC(=O)[C@@H](C)Nc1nc2ccccc2s1)c1ccc(-n2ccnc2)cc1. The van der Waals surface area contributed by atoms with E-state index in [9.17, 15) is 4.79 Å². The van der Waals surface area contributed by atoms with Crippen LogP contribution in [0.5, 0.6) is 0 Å². The molecule has 4 aromatic rings. The zero-order chi connectivity index (χ0) is 20.2. The highest BCUT2D eigenvalue weighted by Gasteiger charge is 2.14. The number of nitrogens with one attached hydrogen (secondary N) is 2. The Morgan fingerprint density at radius 3 is 2.69 bits per heavy atom. The van der Waals surface area contributed by atoms with Gasteiger partial charge in [0.05, 0.1) is 22.3 Å². The standard InChI is InChI=1S/C21H20N6OS/c1-14(16-7-9-17(10-8-16)27-12-11-22-13-27)25-26-20(28)15(2)23-21-24-18-5-3-4-6-19(18)29-21/h3-13,15H,1-2H3,(H,23,24)(H,26,28)/b25-14-/t15-/m1/s1. The molecule has 2 heterocycles. The van der Waals surface area contributed by atoms with E-state index in [4.69, 9.17) is 0 Å². The van der Waals surface area contributed by atoms with E-state index in [-0.39, 0.29) is 5.91 Å². The summed E-state index contributed by atoms with van der Waals surface area (Å²) in [6.45, 7) is 3.64. The third kappa shape index (κ3) is 4.33. The van der Waals surface area contributed by atoms with Crippen molar-refractivity contribution in [3.8, 4) is 5.69 Å². The van der Waals surface area contributed by atoms with Crippen molar-refractivity contribution in [2.24, 2.45) is 5.10 Å². The number of hydrogen-bond acceptors (Lipinski definition) is 6. The molecule has 7 nitrogen and oxygen atoms in total. The number of thiazole rings is 1. The molecule has 0 radical (unpaired) electrons. The summed E-state index contributed by atoms with van der Waals surface area (Å²) in [6.07, 6.45) is 5.37. The van der Waals surface area contributed by atoms with Gasteiger partial charge in [0.25, 0.3) is 5.91 Å². The predicted molar refractivity (Wildman–Crippen MR) is 117 cm³/mol. The van der Waals surface area contributed by atoms with Gasteiger partial charge in [0.1, 0.15) is 6.04 Å². The van der Waals surface area contributed by atoms with E-state index in [1.54, 1.807) is 19.4 Å². The van der Waals surface area contributed by atoms with Crippen LogP contribution in [0.15, 0.2) is 72.4 Å². The molecule has 0 aliphatic heterocycles. The topological polar surface area (TPSA) is 84.2 Å². The molecule has 29 heavy (non-hydrogen) atoms. The fourth-order valence-electron chi connectivity index (χ4n) is 2.77. The molecule has 2 N–H and O–H groups in total. The number of rotatable bonds is 6. The molecule has 0 aliphatic carbocycles. The molecule has 1 amide bonds. The van der Waals surface area contributed by atoms with Crippen LogP contribution in [-0.4, -0.2) is 32.2 Å². The highest BCUT2D eigenvalue weighted by atomic mass is 32.1. The number of amides is 1. The highest BCUT2D eigenvalue weighted by Crippen LogP contribution is 2.25. The van der Waals surface area contributed by atoms with Gasteiger partial charge in [-0.3, -0.25) is 4.79 Å². The molecular weight excluding hydrogens is 384 g/mol. The molecule has 0 fully saturated rings. The largest absolute Gasteiger partial charge is 0.350 e. The Kier molecular flexibility index (Phi) is 5.35. The minimum Gasteiger partial charge on any atom is -0.350 e. The lowest BCUT2D eigenvalue weighted by atomic mass is 10.1. The van der Waals surface area contributed by atoms with Crippen LogP contribution < -0.4 is 10.7 Å². The normalized spacial score (nSPS) is 12.7. The zero-order valence-electron chi connectivity index (χ0n) is 16.0. The molecule has 0 bridgehead atoms. The lowest BCUT2D eigenvalue weighted by Gasteiger charge is -2.11. The lowest BCUT2D eigenvalue weighted by Crippen LogP contribution is -2.35. The molecule has 2 aromatic heterocycles. The summed E-state index contributed by atoms with van der Waals surface area (Å²) in [5.74, 6) is -0.223. The van der Waals surface area contributed by atoms with Crippen LogP contribution in [0.2, 0.25) is 0 Å². The average Bonchev–Trinajstić information content (AvgIpc) is 3.41. The van der Waals surface area contributed by atoms with Gasteiger partial charge in [-0.2, -0.15) is 5.10 Å². The molecule has 0 saturated heterocycles. The molecule has 0 saturated carbocycles. The molecule has 1 atom stereocenters. The monoisotopic (exact) mass is 404 g/mol. The van der Waals surface area contributed by atoms with Gasteiger partial charge in [0.15, 0.2) is 5.13 Å². The van der Waals surface area contributed by atoms with E-state index in [2.05, 4.69) is 25.8 Å². The van der Waals surface area contributed by atoms with E-state index >= 15 is 0 Å². The fourth-order valence-corrected chi connectivity index (χ4v) is 3.72. The summed E-state index contributed by atoms with van der Waals surface area (Å²) >= 11 is 1.52. The van der Waals surface area contributed by atoms with Crippen LogP contribution in [-0.2, 0) is 4.79 Å². The van der Waals surface area contributed by atoms with Gasteiger partial charge >= 0.3 is 0 Å². The number of carbonyl (C=O) groups excluding carboxylic acids is 1. The van der Waals surface area contributed by atoms with Gasteiger partial charge in [-0.25, -0.2) is 15.4 Å². The molecule has 2 aromatic carbocycles. The number of imidazole rings is 1. The van der Waals surface area contributed by atoms with E-state index < -0.39 is 6.04 Å². The minimum atomic E-state index is -0.462. The van der Waals surface area contributed by atoms with Crippen LogP contribution in [0.3, 0.4) is 0 Å². The van der Waals surface area contributed by atoms with Crippen LogP contribution >= 0.6 is 11.3 Å². The second kappa shape index (κ2) is 8.24. The first kappa shape index (κ1) is 18.8. The van der Waals surface area contributed by atoms with Crippen molar-refractivity contribution in [3.05, 3.63) is 72.8 Å². The number of fused-ring (bicyclic) bond motifs is 1. The number of benzene rings is 2. The maximum absolute atomic E-state index is 12.4. The summed E-state index contributed by atoms with van der Waals surface area (Å²) in [4.78, 5) is 20.9. The molecule has 4 rings (SSSR count). The highest BCUT2D eigenvalue weighted by molar-refractivity contribution is 7.22. The molecule has 0 spiro atoms. The van der Waals surface area contributed by atoms with Crippen LogP contribution in [0.1, 0.15) is 19.4 Å². The molecule has 0 aliphatic rings. The maximum Gasteiger partial charge on any atom is 0.262 e. The Balaban J connectivity index is 1.37. The Morgan fingerprint density at radius 1 is 1.17 bits per heavy atom. The van der Waals surface area contributed by atoms with Crippen molar-refractivity contribution >= 4 is 38.3 Å². The molecule has 8 heteroatoms. The lowest BCUT2D eigenvalue weighted by molar-refractivity contribution is -0.121. The summed E-state index contributed by atoms with van der Waals surface area (Å²) in [5, 5.41) is 8.08. The summed E-state index contributed by atoms with van der Waals surface area (Å²) in [6, 6.07) is 15.3. The van der Waals surface area contributed by atoms with Crippen LogP contribution in [0.4, 0.5) is 5.13 Å². The molecule has 146 valence electrons. The Labute approximate surface area is 172 Å². The van der Waals surface area contributed by atoms with Crippen LogP contribution in [0, 0.1) is 0 Å². The van der Waals surface area contributed by atoms with Crippen molar-refractivity contribution in [2.45, 2.75) is 19.9 Å². The van der Waals surface area contributed by atoms with Gasteiger partial charge in [-0.05, 0) is 43.7 Å². The van der Waals surface area contributed by atoms with Crippen molar-refractivity contribution in [3.63, 3.8) is 0 Å². The summed E-state index contributed by atoms with van der Waals surface area (Å²) < 4.78 is 3.00. The van der Waals surface area contributed by atoms with Gasteiger partial charge in [-0.1, -0.05) is 35.6 Å². The van der Waals surface area contributed by atoms with E-state index in [0.29, 0.717) is 5.13 Å². The third-order valence-corrected chi connectivity index (χ3v) is 5.42. The zero-order valence-corrected chi connectivity index (χ0v) is 16.9. The first-order valence-corrected chi connectivity index (χ1v) is 9.97. The van der Waals surface area contributed by atoms with Gasteiger partial charge in [0.2, 0.25) is 0 Å². The number of hydrazone groups is 1. The van der Waals surface area contributed by atoms with Crippen LogP contribution in [0.25, 0.3) is 15.9 Å². The van der Waals surface area contributed by atoms with Crippen molar-refractivity contribution in [1.29, 1.82) is 0 Å². The Bertz CT molecular complexity index is 1110. The third-order valence-electron chi connectivity index (χ3n) is 4.45. The van der Waals surface area contributed by atoms with Crippen molar-refractivity contribution < 1.29 is 4.79 Å². The maximum atomic E-state index is 12.4. The molecule has 0 unspecified atom stereocenters. The first-order chi connectivity index (χ1) is 14.1. The van der Waals surface area contributed by atoms with E-state index in [1.165, 1.54) is 11.3 Å². The van der Waals surface area contributed by atoms with E-state index in [1.807, 2.05) is 66.2 Å². The quantitative estimate of drug-likeness (QED) is 0.378. The van der Waals surface area contributed by atoms with Crippen molar-refractivity contribution in [2.75, 3.05) is 5.32 Å². The van der Waals surface area contributed by atoms with Gasteiger partial charge in [0, 0.05) is 18.1 Å². The van der Waals surface area contributed by atoms with E-state index in [0.717, 1.165) is 27.2 Å². The second-order valence-corrected chi connectivity index (χ2v) is 7.57. The predicted octanol–water partition coefficient (Wildman–Crippen LogP) is 3.82.